The zero-order chi connectivity index (χ0) is 24.6. The van der Waals surface area contributed by atoms with Gasteiger partial charge in [-0.15, -0.1) is 0 Å². The molecule has 3 aliphatic carbocycles. The average Bonchev–Trinajstić information content (AvgIpc) is 3.70. The maximum atomic E-state index is 13.3. The molecule has 0 saturated heterocycles. The van der Waals surface area contributed by atoms with Gasteiger partial charge in [0.15, 0.2) is 0 Å². The van der Waals surface area contributed by atoms with E-state index in [1.54, 1.807) is 12.1 Å². The highest BCUT2D eigenvalue weighted by molar-refractivity contribution is 7.89. The number of hydrogen-bond acceptors (Lipinski definition) is 4. The van der Waals surface area contributed by atoms with Gasteiger partial charge in [-0.1, -0.05) is 12.1 Å². The van der Waals surface area contributed by atoms with Crippen LogP contribution in [0, 0.1) is 11.3 Å². The van der Waals surface area contributed by atoms with Crippen LogP contribution in [0.3, 0.4) is 0 Å². The van der Waals surface area contributed by atoms with E-state index in [1.165, 1.54) is 12.1 Å². The van der Waals surface area contributed by atoms with Crippen molar-refractivity contribution in [2.75, 3.05) is 0 Å². The van der Waals surface area contributed by atoms with E-state index in [-0.39, 0.29) is 23.8 Å². The van der Waals surface area contributed by atoms with Crippen LogP contribution in [-0.2, 0) is 10.0 Å². The number of benzene rings is 1. The molecule has 0 radical (unpaired) electrons. The predicted octanol–water partition coefficient (Wildman–Crippen LogP) is 5.55. The third-order valence-electron chi connectivity index (χ3n) is 7.52. The third kappa shape index (κ3) is 3.64. The number of nitrogens with zero attached hydrogens (tertiary/aromatic N) is 3. The molecule has 0 aliphatic heterocycles. The first-order valence-electron chi connectivity index (χ1n) is 11.8. The molecule has 3 aromatic rings. The quantitative estimate of drug-likeness (QED) is 0.481. The van der Waals surface area contributed by atoms with Crippen molar-refractivity contribution in [2.45, 2.75) is 73.5 Å². The lowest BCUT2D eigenvalue weighted by molar-refractivity contribution is -0.160. The number of aromatic nitrogens is 2. The lowest BCUT2D eigenvalue weighted by atomic mass is 9.92. The predicted molar refractivity (Wildman–Crippen MR) is 123 cm³/mol. The van der Waals surface area contributed by atoms with E-state index in [0.717, 1.165) is 48.7 Å². The Bertz CT molecular complexity index is 1470. The highest BCUT2D eigenvalue weighted by Crippen LogP contribution is 2.50. The Hall–Kier alpha value is -2.90. The summed E-state index contributed by atoms with van der Waals surface area (Å²) in [7, 11) is -4.36. The lowest BCUT2D eigenvalue weighted by Gasteiger charge is -2.29. The second-order valence-electron chi connectivity index (χ2n) is 9.91. The largest absolute Gasteiger partial charge is 0.407 e. The van der Waals surface area contributed by atoms with Crippen LogP contribution >= 0.6 is 0 Å². The Morgan fingerprint density at radius 1 is 1.11 bits per heavy atom. The molecule has 10 heteroatoms. The fourth-order valence-electron chi connectivity index (χ4n) is 4.92. The number of pyridine rings is 1. The van der Waals surface area contributed by atoms with Gasteiger partial charge in [0.25, 0.3) is 0 Å². The Kier molecular flexibility index (Phi) is 4.86. The summed E-state index contributed by atoms with van der Waals surface area (Å²) in [5.41, 5.74) is 1.29. The molecule has 6 rings (SSSR count). The molecule has 0 bridgehead atoms. The standard InChI is InChI=1S/C25H23F3N4O2S/c26-25(27,28)24(10-11-24)31-35(33,34)19-8-6-16(7-9-19)22-21(13-29)20-12-17(15-4-5-15)14-30-23(20)32(22)18-2-1-3-18/h6-9,12,14-15,18,31H,1-5,10-11H2. The van der Waals surface area contributed by atoms with Crippen LogP contribution in [-0.4, -0.2) is 29.7 Å². The first kappa shape index (κ1) is 22.6. The second kappa shape index (κ2) is 7.55. The summed E-state index contributed by atoms with van der Waals surface area (Å²) in [6, 6.07) is 10.3. The van der Waals surface area contributed by atoms with Gasteiger partial charge in [0.05, 0.1) is 16.2 Å². The molecule has 0 amide bonds. The Morgan fingerprint density at radius 2 is 1.80 bits per heavy atom. The Morgan fingerprint density at radius 3 is 2.31 bits per heavy atom. The van der Waals surface area contributed by atoms with Crippen molar-refractivity contribution in [3.05, 3.63) is 47.7 Å². The van der Waals surface area contributed by atoms with Gasteiger partial charge in [-0.2, -0.15) is 23.2 Å². The summed E-state index contributed by atoms with van der Waals surface area (Å²) in [6.45, 7) is 0. The molecule has 2 heterocycles. The SMILES string of the molecule is N#Cc1c(-c2ccc(S(=O)(=O)NC3(C(F)(F)F)CC3)cc2)n(C2CCC2)c2ncc(C3CC3)cc12. The molecular weight excluding hydrogens is 477 g/mol. The van der Waals surface area contributed by atoms with Gasteiger partial charge in [-0.05, 0) is 80.2 Å². The number of alkyl halides is 3. The number of nitrogens with one attached hydrogen (secondary N) is 1. The number of sulfonamides is 1. The van der Waals surface area contributed by atoms with Crippen LogP contribution in [0.25, 0.3) is 22.3 Å². The van der Waals surface area contributed by atoms with Crippen molar-refractivity contribution in [1.82, 2.24) is 14.3 Å². The molecule has 3 aliphatic rings. The van der Waals surface area contributed by atoms with E-state index in [9.17, 15) is 26.9 Å². The average molecular weight is 501 g/mol. The van der Waals surface area contributed by atoms with Crippen molar-refractivity contribution in [2.24, 2.45) is 0 Å². The van der Waals surface area contributed by atoms with E-state index in [1.807, 2.05) is 17.0 Å². The van der Waals surface area contributed by atoms with Crippen LogP contribution in [0.5, 0.6) is 0 Å². The number of hydrogen-bond donors (Lipinski definition) is 1. The van der Waals surface area contributed by atoms with Crippen molar-refractivity contribution in [3.8, 4) is 17.3 Å². The Balaban J connectivity index is 1.42. The van der Waals surface area contributed by atoms with Gasteiger partial charge >= 0.3 is 6.18 Å². The Labute approximate surface area is 200 Å². The van der Waals surface area contributed by atoms with Gasteiger partial charge in [-0.25, -0.2) is 13.4 Å². The fourth-order valence-corrected chi connectivity index (χ4v) is 6.36. The molecule has 0 atom stereocenters. The zero-order valence-corrected chi connectivity index (χ0v) is 19.6. The summed E-state index contributed by atoms with van der Waals surface area (Å²) in [5, 5.41) is 10.9. The topological polar surface area (TPSA) is 87.8 Å². The minimum atomic E-state index is -4.64. The highest BCUT2D eigenvalue weighted by atomic mass is 32.2. The molecule has 1 N–H and O–H groups in total. The fraction of sp³-hybridized carbons (Fsp3) is 0.440. The van der Waals surface area contributed by atoms with E-state index in [4.69, 9.17) is 4.98 Å². The van der Waals surface area contributed by atoms with Gasteiger partial charge in [0.2, 0.25) is 10.0 Å². The summed E-state index contributed by atoms with van der Waals surface area (Å²) in [4.78, 5) is 4.49. The molecular formula is C25H23F3N4O2S. The summed E-state index contributed by atoms with van der Waals surface area (Å²) in [5.74, 6) is 0.484. The number of nitriles is 1. The minimum Gasteiger partial charge on any atom is -0.321 e. The van der Waals surface area contributed by atoms with Gasteiger partial charge < -0.3 is 4.57 Å². The maximum Gasteiger partial charge on any atom is 0.407 e. The number of halogens is 3. The number of fused-ring (bicyclic) bond motifs is 1. The van der Waals surface area contributed by atoms with Gasteiger partial charge in [-0.3, -0.25) is 0 Å². The van der Waals surface area contributed by atoms with Crippen molar-refractivity contribution in [1.29, 1.82) is 5.26 Å². The molecule has 1 aromatic carbocycles. The lowest BCUT2D eigenvalue weighted by Crippen LogP contribution is -2.47. The molecule has 35 heavy (non-hydrogen) atoms. The van der Waals surface area contributed by atoms with Gasteiger partial charge in [0, 0.05) is 17.6 Å². The molecule has 3 fully saturated rings. The maximum absolute atomic E-state index is 13.3. The molecule has 0 spiro atoms. The normalized spacial score (nSPS) is 19.9. The second-order valence-corrected chi connectivity index (χ2v) is 11.6. The van der Waals surface area contributed by atoms with Crippen LogP contribution in [0.4, 0.5) is 13.2 Å². The first-order valence-corrected chi connectivity index (χ1v) is 13.3. The zero-order valence-electron chi connectivity index (χ0n) is 18.8. The first-order chi connectivity index (χ1) is 16.6. The number of rotatable bonds is 6. The smallest absolute Gasteiger partial charge is 0.321 e. The van der Waals surface area contributed by atoms with Crippen LogP contribution in [0.2, 0.25) is 0 Å². The highest BCUT2D eigenvalue weighted by Gasteiger charge is 2.65. The van der Waals surface area contributed by atoms with E-state index < -0.39 is 21.7 Å². The van der Waals surface area contributed by atoms with E-state index in [2.05, 4.69) is 10.6 Å². The van der Waals surface area contributed by atoms with Crippen LogP contribution < -0.4 is 4.72 Å². The summed E-state index contributed by atoms with van der Waals surface area (Å²) in [6.07, 6.45) is 1.94. The molecule has 182 valence electrons. The van der Waals surface area contributed by atoms with Crippen molar-refractivity contribution in [3.63, 3.8) is 0 Å². The van der Waals surface area contributed by atoms with Crippen molar-refractivity contribution >= 4 is 21.1 Å². The molecule has 3 saturated carbocycles. The van der Waals surface area contributed by atoms with Crippen LogP contribution in [0.15, 0.2) is 41.4 Å². The van der Waals surface area contributed by atoms with E-state index in [0.29, 0.717) is 22.7 Å². The molecule has 6 nitrogen and oxygen atoms in total. The van der Waals surface area contributed by atoms with Gasteiger partial charge in [0.1, 0.15) is 17.3 Å². The van der Waals surface area contributed by atoms with Crippen LogP contribution in [0.1, 0.15) is 68.0 Å². The minimum absolute atomic E-state index is 0.195. The van der Waals surface area contributed by atoms with E-state index >= 15 is 0 Å². The monoisotopic (exact) mass is 500 g/mol. The molecule has 0 unspecified atom stereocenters. The van der Waals surface area contributed by atoms with Crippen molar-refractivity contribution < 1.29 is 21.6 Å². The summed E-state index contributed by atoms with van der Waals surface area (Å²) >= 11 is 0. The summed E-state index contributed by atoms with van der Waals surface area (Å²) < 4.78 is 69.2. The molecule has 2 aromatic heterocycles. The third-order valence-corrected chi connectivity index (χ3v) is 9.08.